The molecule has 2 heterocycles. The van der Waals surface area contributed by atoms with Crippen LogP contribution in [0.1, 0.15) is 11.1 Å². The van der Waals surface area contributed by atoms with E-state index >= 15 is 0 Å². The lowest BCUT2D eigenvalue weighted by Gasteiger charge is -2.24. The minimum atomic E-state index is -0.245. The second-order valence-electron chi connectivity index (χ2n) is 7.58. The van der Waals surface area contributed by atoms with Gasteiger partial charge in [0.05, 0.1) is 15.9 Å². The molecule has 0 unspecified atom stereocenters. The number of amides is 2. The minimum Gasteiger partial charge on any atom is -0.307 e. The summed E-state index contributed by atoms with van der Waals surface area (Å²) < 4.78 is 0.985. The number of rotatable bonds is 3. The smallest absolute Gasteiger partial charge is 0.307 e. The molecule has 0 radical (unpaired) electrons. The summed E-state index contributed by atoms with van der Waals surface area (Å²) in [6.45, 7) is 4.06. The third kappa shape index (κ3) is 3.64. The third-order valence-electron chi connectivity index (χ3n) is 5.30. The van der Waals surface area contributed by atoms with Gasteiger partial charge in [0.25, 0.3) is 0 Å². The number of nitrogens with one attached hydrogen (secondary N) is 1. The predicted octanol–water partition coefficient (Wildman–Crippen LogP) is 7.44. The number of fused-ring (bicyclic) bond motifs is 3. The average molecular weight is 424 g/mol. The second kappa shape index (κ2) is 7.85. The van der Waals surface area contributed by atoms with Crippen LogP contribution in [0.3, 0.4) is 0 Å². The highest BCUT2D eigenvalue weighted by Crippen LogP contribution is 2.38. The first kappa shape index (κ1) is 19.3. The molecule has 0 saturated carbocycles. The average Bonchev–Trinajstić information content (AvgIpc) is 3.27. The molecule has 0 aliphatic rings. The van der Waals surface area contributed by atoms with E-state index in [1.807, 2.05) is 86.0 Å². The summed E-state index contributed by atoms with van der Waals surface area (Å²) in [7, 11) is 0. The number of nitrogens with zero attached hydrogens (tertiary/aromatic N) is 2. The Hall–Kier alpha value is -3.70. The summed E-state index contributed by atoms with van der Waals surface area (Å²) in [6, 6.07) is 25.6. The van der Waals surface area contributed by atoms with Crippen molar-refractivity contribution in [1.29, 1.82) is 0 Å². The van der Waals surface area contributed by atoms with E-state index in [1.165, 1.54) is 0 Å². The van der Waals surface area contributed by atoms with Crippen molar-refractivity contribution < 1.29 is 4.79 Å². The van der Waals surface area contributed by atoms with E-state index in [2.05, 4.69) is 17.4 Å². The number of hydrogen-bond acceptors (Lipinski definition) is 3. The van der Waals surface area contributed by atoms with Crippen LogP contribution < -0.4 is 10.2 Å². The molecule has 5 aromatic rings. The first-order chi connectivity index (χ1) is 15.1. The largest absolute Gasteiger partial charge is 0.332 e. The number of benzene rings is 3. The molecule has 0 spiro atoms. The summed E-state index contributed by atoms with van der Waals surface area (Å²) in [5, 5.41) is 7.28. The molecule has 4 nitrogen and oxygen atoms in total. The second-order valence-corrected chi connectivity index (χ2v) is 8.50. The first-order valence-electron chi connectivity index (χ1n) is 10.1. The minimum absolute atomic E-state index is 0.245. The number of para-hydroxylation sites is 1. The Kier molecular flexibility index (Phi) is 4.88. The summed E-state index contributed by atoms with van der Waals surface area (Å²) in [4.78, 5) is 20.2. The van der Waals surface area contributed by atoms with Crippen molar-refractivity contribution in [1.82, 2.24) is 4.98 Å². The van der Waals surface area contributed by atoms with Crippen LogP contribution in [0, 0.1) is 13.8 Å². The van der Waals surface area contributed by atoms with Crippen LogP contribution in [0.15, 0.2) is 84.2 Å². The fourth-order valence-corrected chi connectivity index (χ4v) is 4.54. The van der Waals surface area contributed by atoms with Gasteiger partial charge in [-0.05, 0) is 55.6 Å². The number of anilines is 3. The fraction of sp³-hybridized carbons (Fsp3) is 0.0769. The first-order valence-corrected chi connectivity index (χ1v) is 11.0. The number of pyridine rings is 1. The van der Waals surface area contributed by atoms with E-state index in [0.29, 0.717) is 5.82 Å². The maximum atomic E-state index is 13.6. The van der Waals surface area contributed by atoms with Crippen LogP contribution in [-0.4, -0.2) is 11.0 Å². The van der Waals surface area contributed by atoms with Gasteiger partial charge in [-0.2, -0.15) is 0 Å². The van der Waals surface area contributed by atoms with Gasteiger partial charge in [0.2, 0.25) is 0 Å². The number of thiophene rings is 1. The van der Waals surface area contributed by atoms with Crippen LogP contribution in [0.4, 0.5) is 22.0 Å². The van der Waals surface area contributed by atoms with Crippen LogP contribution in [0.5, 0.6) is 0 Å². The number of aromatic nitrogens is 1. The number of hydrogen-bond donors (Lipinski definition) is 1. The molecular weight excluding hydrogens is 402 g/mol. The summed E-state index contributed by atoms with van der Waals surface area (Å²) in [5.74, 6) is 0.636. The van der Waals surface area contributed by atoms with Crippen molar-refractivity contribution in [2.75, 3.05) is 10.2 Å². The highest BCUT2D eigenvalue weighted by Gasteiger charge is 2.23. The molecule has 2 amide bonds. The van der Waals surface area contributed by atoms with Gasteiger partial charge in [-0.15, -0.1) is 11.3 Å². The molecular formula is C26H21N3OS. The normalized spacial score (nSPS) is 11.0. The molecule has 152 valence electrons. The zero-order valence-corrected chi connectivity index (χ0v) is 18.1. The SMILES string of the molecule is Cc1ccc(NC(=O)N(c2ccc(C)cc2)c2nc3ccccc3c3ccsc23)cc1. The Balaban J connectivity index is 1.68. The Morgan fingerprint density at radius 1 is 0.839 bits per heavy atom. The van der Waals surface area contributed by atoms with Gasteiger partial charge < -0.3 is 5.32 Å². The van der Waals surface area contributed by atoms with Crippen molar-refractivity contribution in [2.24, 2.45) is 0 Å². The van der Waals surface area contributed by atoms with Crippen LogP contribution in [0.2, 0.25) is 0 Å². The monoisotopic (exact) mass is 423 g/mol. The molecule has 3 aromatic carbocycles. The topological polar surface area (TPSA) is 45.2 Å². The van der Waals surface area contributed by atoms with E-state index in [9.17, 15) is 4.79 Å². The quantitative estimate of drug-likeness (QED) is 0.328. The number of aryl methyl sites for hydroxylation is 2. The van der Waals surface area contributed by atoms with Gasteiger partial charge >= 0.3 is 6.03 Å². The lowest BCUT2D eigenvalue weighted by atomic mass is 10.1. The number of carbonyl (C=O) groups is 1. The third-order valence-corrected chi connectivity index (χ3v) is 6.21. The van der Waals surface area contributed by atoms with Crippen molar-refractivity contribution in [2.45, 2.75) is 13.8 Å². The van der Waals surface area contributed by atoms with E-state index in [-0.39, 0.29) is 6.03 Å². The highest BCUT2D eigenvalue weighted by molar-refractivity contribution is 7.18. The Morgan fingerprint density at radius 2 is 1.52 bits per heavy atom. The zero-order chi connectivity index (χ0) is 21.4. The summed E-state index contributed by atoms with van der Waals surface area (Å²) in [6.07, 6.45) is 0. The highest BCUT2D eigenvalue weighted by atomic mass is 32.1. The van der Waals surface area contributed by atoms with Crippen molar-refractivity contribution >= 4 is 55.5 Å². The van der Waals surface area contributed by atoms with Crippen LogP contribution >= 0.6 is 11.3 Å². The molecule has 5 heteroatoms. The lowest BCUT2D eigenvalue weighted by molar-refractivity contribution is 0.259. The van der Waals surface area contributed by atoms with Gasteiger partial charge in [-0.1, -0.05) is 53.6 Å². The molecule has 2 aromatic heterocycles. The Labute approximate surface area is 184 Å². The van der Waals surface area contributed by atoms with Gasteiger partial charge in [-0.25, -0.2) is 14.7 Å². The van der Waals surface area contributed by atoms with Gasteiger partial charge in [0.15, 0.2) is 5.82 Å². The maximum Gasteiger partial charge on any atom is 0.332 e. The fourth-order valence-electron chi connectivity index (χ4n) is 3.66. The molecule has 0 atom stereocenters. The summed E-state index contributed by atoms with van der Waals surface area (Å²) in [5.41, 5.74) is 4.66. The molecule has 0 saturated heterocycles. The van der Waals surface area contributed by atoms with Gasteiger partial charge in [0, 0.05) is 16.5 Å². The molecule has 0 bridgehead atoms. The van der Waals surface area contributed by atoms with Crippen LogP contribution in [-0.2, 0) is 0 Å². The van der Waals surface area contributed by atoms with Crippen molar-refractivity contribution in [3.8, 4) is 0 Å². The van der Waals surface area contributed by atoms with Gasteiger partial charge in [-0.3, -0.25) is 0 Å². The van der Waals surface area contributed by atoms with Crippen molar-refractivity contribution in [3.63, 3.8) is 0 Å². The lowest BCUT2D eigenvalue weighted by Crippen LogP contribution is -2.31. The van der Waals surface area contributed by atoms with Gasteiger partial charge in [0.1, 0.15) is 0 Å². The Bertz CT molecular complexity index is 1390. The van der Waals surface area contributed by atoms with Crippen LogP contribution in [0.25, 0.3) is 21.0 Å². The predicted molar refractivity (Wildman–Crippen MR) is 131 cm³/mol. The Morgan fingerprint density at radius 3 is 2.26 bits per heavy atom. The number of urea groups is 1. The summed E-state index contributed by atoms with van der Waals surface area (Å²) >= 11 is 1.60. The zero-order valence-electron chi connectivity index (χ0n) is 17.3. The molecule has 5 rings (SSSR count). The maximum absolute atomic E-state index is 13.6. The van der Waals surface area contributed by atoms with E-state index in [1.54, 1.807) is 16.2 Å². The molecule has 1 N–H and O–H groups in total. The van der Waals surface area contributed by atoms with E-state index < -0.39 is 0 Å². The number of carbonyl (C=O) groups excluding carboxylic acids is 1. The van der Waals surface area contributed by atoms with Crippen molar-refractivity contribution in [3.05, 3.63) is 95.4 Å². The van der Waals surface area contributed by atoms with E-state index in [0.717, 1.165) is 43.5 Å². The molecule has 31 heavy (non-hydrogen) atoms. The molecule has 0 aliphatic carbocycles. The molecule has 0 aliphatic heterocycles. The molecule has 0 fully saturated rings. The van der Waals surface area contributed by atoms with E-state index in [4.69, 9.17) is 4.98 Å². The standard InChI is InChI=1S/C26H21N3OS/c1-17-7-11-19(12-8-17)27-26(30)29(20-13-9-18(2)10-14-20)25-24-22(15-16-31-24)21-5-3-4-6-23(21)28-25/h3-16H,1-2H3,(H,27,30).